The maximum Gasteiger partial charge on any atom is 0.336 e. The molecule has 0 aliphatic heterocycles. The largest absolute Gasteiger partial charge is 0.479 e. The molecule has 1 radical (unpaired) electrons. The summed E-state index contributed by atoms with van der Waals surface area (Å²) in [6, 6.07) is 0. The molecule has 1 atom stereocenters. The maximum atomic E-state index is 10.8. The lowest BCUT2D eigenvalue weighted by atomic mass is 10.1. The minimum Gasteiger partial charge on any atom is -0.479 e. The summed E-state index contributed by atoms with van der Waals surface area (Å²) in [5.41, 5.74) is 0. The van der Waals surface area contributed by atoms with Gasteiger partial charge in [0.25, 0.3) is 0 Å². The fourth-order valence-electron chi connectivity index (χ4n) is 1.59. The van der Waals surface area contributed by atoms with Crippen molar-refractivity contribution in [3.05, 3.63) is 0 Å². The summed E-state index contributed by atoms with van der Waals surface area (Å²) < 4.78 is 0. The summed E-state index contributed by atoms with van der Waals surface area (Å²) in [5, 5.41) is 19.2. The molecule has 0 aromatic carbocycles. The molecule has 0 spiro atoms. The number of carboxylic acid groups (broad SMARTS) is 1. The average molecular weight is 215 g/mol. The molecule has 0 aliphatic rings. The Morgan fingerprint density at radius 1 is 1.00 bits per heavy atom. The zero-order valence-electron chi connectivity index (χ0n) is 9.71. The number of hydrogen-bond donors (Lipinski definition) is 1. The summed E-state index contributed by atoms with van der Waals surface area (Å²) >= 11 is 0. The Hall–Kier alpha value is -0.570. The van der Waals surface area contributed by atoms with Crippen LogP contribution in [0.3, 0.4) is 0 Å². The van der Waals surface area contributed by atoms with E-state index < -0.39 is 12.1 Å². The number of hydrogen-bond acceptors (Lipinski definition) is 1. The van der Waals surface area contributed by atoms with Crippen LogP contribution in [-0.4, -0.2) is 17.2 Å². The fraction of sp³-hybridized carbons (Fsp3) is 0.917. The van der Waals surface area contributed by atoms with Crippen LogP contribution in [0.5, 0.6) is 0 Å². The lowest BCUT2D eigenvalue weighted by molar-refractivity contribution is -0.150. The molecule has 0 aromatic heterocycles. The molecule has 0 saturated heterocycles. The highest BCUT2D eigenvalue weighted by Crippen LogP contribution is 2.10. The second kappa shape index (κ2) is 9.97. The highest BCUT2D eigenvalue weighted by Gasteiger charge is 2.13. The second-order valence-corrected chi connectivity index (χ2v) is 4.09. The molecule has 3 heteroatoms. The molecule has 1 N–H and O–H groups in total. The van der Waals surface area contributed by atoms with Crippen LogP contribution in [0.1, 0.15) is 64.7 Å². The van der Waals surface area contributed by atoms with Gasteiger partial charge in [-0.2, -0.15) is 0 Å². The third-order valence-electron chi connectivity index (χ3n) is 2.60. The zero-order valence-corrected chi connectivity index (χ0v) is 9.71. The Kier molecular flexibility index (Phi) is 9.59. The summed E-state index contributed by atoms with van der Waals surface area (Å²) in [6.45, 7) is 2.19. The third kappa shape index (κ3) is 9.73. The van der Waals surface area contributed by atoms with Crippen molar-refractivity contribution in [1.29, 1.82) is 0 Å². The quantitative estimate of drug-likeness (QED) is 0.568. The van der Waals surface area contributed by atoms with Gasteiger partial charge in [0.2, 0.25) is 0 Å². The van der Waals surface area contributed by atoms with Gasteiger partial charge in [0.15, 0.2) is 6.10 Å². The van der Waals surface area contributed by atoms with Crippen LogP contribution in [0.2, 0.25) is 0 Å². The lowest BCUT2D eigenvalue weighted by Crippen LogP contribution is -2.17. The van der Waals surface area contributed by atoms with Crippen molar-refractivity contribution in [2.75, 3.05) is 0 Å². The molecule has 0 rings (SSSR count). The van der Waals surface area contributed by atoms with E-state index in [2.05, 4.69) is 6.92 Å². The second-order valence-electron chi connectivity index (χ2n) is 4.09. The van der Waals surface area contributed by atoms with Crippen LogP contribution in [0.4, 0.5) is 0 Å². The van der Waals surface area contributed by atoms with E-state index in [1.807, 2.05) is 0 Å². The number of aliphatic carboxylic acids is 1. The van der Waals surface area contributed by atoms with Crippen LogP contribution in [0.15, 0.2) is 0 Å². The predicted molar refractivity (Wildman–Crippen MR) is 59.3 cm³/mol. The van der Waals surface area contributed by atoms with E-state index in [1.165, 1.54) is 32.1 Å². The van der Waals surface area contributed by atoms with Gasteiger partial charge in [0.05, 0.1) is 0 Å². The maximum absolute atomic E-state index is 10.8. The fourth-order valence-corrected chi connectivity index (χ4v) is 1.59. The molecule has 1 unspecified atom stereocenters. The molecule has 15 heavy (non-hydrogen) atoms. The molecule has 0 fully saturated rings. The first-order valence-corrected chi connectivity index (χ1v) is 6.07. The molecule has 0 heterocycles. The van der Waals surface area contributed by atoms with Gasteiger partial charge in [0.1, 0.15) is 0 Å². The van der Waals surface area contributed by atoms with Crippen molar-refractivity contribution < 1.29 is 15.0 Å². The van der Waals surface area contributed by atoms with Crippen molar-refractivity contribution in [3.63, 3.8) is 0 Å². The Balaban J connectivity index is 3.08. The smallest absolute Gasteiger partial charge is 0.336 e. The zero-order chi connectivity index (χ0) is 11.5. The van der Waals surface area contributed by atoms with Crippen molar-refractivity contribution >= 4 is 5.97 Å². The first kappa shape index (κ1) is 14.4. The van der Waals surface area contributed by atoms with Crippen molar-refractivity contribution in [3.8, 4) is 0 Å². The molecule has 3 nitrogen and oxygen atoms in total. The van der Waals surface area contributed by atoms with E-state index in [4.69, 9.17) is 5.11 Å². The SMILES string of the molecule is CCCCCCCCCCC([O])C(=O)O. The highest BCUT2D eigenvalue weighted by molar-refractivity contribution is 5.71. The Morgan fingerprint density at radius 3 is 1.93 bits per heavy atom. The molecule has 0 saturated carbocycles. The molecule has 0 amide bonds. The van der Waals surface area contributed by atoms with Gasteiger partial charge in [-0.05, 0) is 6.42 Å². The van der Waals surface area contributed by atoms with E-state index >= 15 is 0 Å². The van der Waals surface area contributed by atoms with Gasteiger partial charge < -0.3 is 5.11 Å². The van der Waals surface area contributed by atoms with E-state index in [1.54, 1.807) is 0 Å². The highest BCUT2D eigenvalue weighted by atomic mass is 16.4. The molecule has 89 valence electrons. The van der Waals surface area contributed by atoms with E-state index in [9.17, 15) is 9.90 Å². The molecule has 0 aromatic rings. The van der Waals surface area contributed by atoms with Gasteiger partial charge in [-0.25, -0.2) is 9.90 Å². The van der Waals surface area contributed by atoms with E-state index in [0.717, 1.165) is 19.3 Å². The summed E-state index contributed by atoms with van der Waals surface area (Å²) in [6.07, 6.45) is 8.12. The molecule has 0 aliphatic carbocycles. The Bertz CT molecular complexity index is 157. The van der Waals surface area contributed by atoms with Gasteiger partial charge in [-0.3, -0.25) is 0 Å². The minimum atomic E-state index is -1.41. The first-order chi connectivity index (χ1) is 7.18. The van der Waals surface area contributed by atoms with Crippen molar-refractivity contribution in [1.82, 2.24) is 0 Å². The predicted octanol–water partition coefficient (Wildman–Crippen LogP) is 3.40. The molecular formula is C12H23O3. The van der Waals surface area contributed by atoms with E-state index in [0.29, 0.717) is 0 Å². The topological polar surface area (TPSA) is 57.2 Å². The average Bonchev–Trinajstić information content (AvgIpc) is 2.21. The molecule has 0 bridgehead atoms. The Labute approximate surface area is 92.5 Å². The van der Waals surface area contributed by atoms with Crippen LogP contribution in [0, 0.1) is 0 Å². The van der Waals surface area contributed by atoms with Gasteiger partial charge in [0, 0.05) is 0 Å². The van der Waals surface area contributed by atoms with Crippen molar-refractivity contribution in [2.45, 2.75) is 70.8 Å². The number of unbranched alkanes of at least 4 members (excludes halogenated alkanes) is 7. The van der Waals surface area contributed by atoms with Crippen LogP contribution in [0.25, 0.3) is 0 Å². The van der Waals surface area contributed by atoms with Crippen LogP contribution >= 0.6 is 0 Å². The standard InChI is InChI=1S/C12H23O3/c1-2-3-4-5-6-7-8-9-10-11(13)12(14)15/h11H,2-10H2,1H3,(H,14,15). The van der Waals surface area contributed by atoms with Gasteiger partial charge >= 0.3 is 5.97 Å². The number of rotatable bonds is 10. The summed E-state index contributed by atoms with van der Waals surface area (Å²) in [7, 11) is 0. The third-order valence-corrected chi connectivity index (χ3v) is 2.60. The molecular weight excluding hydrogens is 192 g/mol. The number of carboxylic acids is 1. The van der Waals surface area contributed by atoms with Crippen LogP contribution < -0.4 is 0 Å². The number of carbonyl (C=O) groups is 1. The minimum absolute atomic E-state index is 0.282. The normalized spacial score (nSPS) is 12.7. The monoisotopic (exact) mass is 215 g/mol. The summed E-state index contributed by atoms with van der Waals surface area (Å²) in [5.74, 6) is -1.21. The van der Waals surface area contributed by atoms with Crippen molar-refractivity contribution in [2.24, 2.45) is 0 Å². The van der Waals surface area contributed by atoms with Crippen LogP contribution in [-0.2, 0) is 9.90 Å². The first-order valence-electron chi connectivity index (χ1n) is 6.07. The van der Waals surface area contributed by atoms with Gasteiger partial charge in [-0.1, -0.05) is 58.3 Å². The van der Waals surface area contributed by atoms with Gasteiger partial charge in [-0.15, -0.1) is 0 Å². The van der Waals surface area contributed by atoms with E-state index in [-0.39, 0.29) is 6.42 Å². The lowest BCUT2D eigenvalue weighted by Gasteiger charge is -2.03. The Morgan fingerprint density at radius 2 is 1.47 bits per heavy atom. The summed E-state index contributed by atoms with van der Waals surface area (Å²) in [4.78, 5) is 10.2.